The Kier molecular flexibility index (Phi) is 7.01. The van der Waals surface area contributed by atoms with Crippen molar-refractivity contribution in [2.75, 3.05) is 19.6 Å². The molecule has 0 fully saturated rings. The first-order valence-corrected chi connectivity index (χ1v) is 11.1. The number of fused-ring (bicyclic) bond motifs is 2. The van der Waals surface area contributed by atoms with Gasteiger partial charge in [-0.1, -0.05) is 20.3 Å². The van der Waals surface area contributed by atoms with Crippen molar-refractivity contribution < 1.29 is 14.3 Å². The van der Waals surface area contributed by atoms with Crippen LogP contribution in [0.2, 0.25) is 0 Å². The van der Waals surface area contributed by atoms with E-state index in [9.17, 15) is 9.90 Å². The van der Waals surface area contributed by atoms with Crippen LogP contribution in [0.5, 0.6) is 0 Å². The molecule has 0 aromatic heterocycles. The topological polar surface area (TPSA) is 68.3 Å². The van der Waals surface area contributed by atoms with Gasteiger partial charge in [-0.05, 0) is 57.1 Å². The second-order valence-electron chi connectivity index (χ2n) is 8.76. The van der Waals surface area contributed by atoms with Crippen molar-refractivity contribution in [2.45, 2.75) is 65.2 Å². The summed E-state index contributed by atoms with van der Waals surface area (Å²) in [5.41, 5.74) is 3.53. The molecule has 0 aromatic rings. The summed E-state index contributed by atoms with van der Waals surface area (Å²) in [7, 11) is 0. The minimum absolute atomic E-state index is 0.0172. The summed E-state index contributed by atoms with van der Waals surface area (Å²) in [4.78, 5) is 10.5. The molecule has 0 saturated carbocycles. The van der Waals surface area contributed by atoms with E-state index in [0.29, 0.717) is 6.42 Å². The molecular formula is C25H34N2O3. The van der Waals surface area contributed by atoms with E-state index in [1.165, 1.54) is 16.6 Å². The first-order valence-electron chi connectivity index (χ1n) is 11.1. The lowest BCUT2D eigenvalue weighted by molar-refractivity contribution is -0.305. The average Bonchev–Trinajstić information content (AvgIpc) is 2.69. The van der Waals surface area contributed by atoms with Gasteiger partial charge in [0.25, 0.3) is 0 Å². The highest BCUT2D eigenvalue weighted by Gasteiger charge is 2.31. The molecule has 3 rings (SSSR count). The van der Waals surface area contributed by atoms with Crippen LogP contribution in [-0.2, 0) is 10.2 Å². The number of carboxylic acid groups (broad SMARTS) is 1. The highest BCUT2D eigenvalue weighted by atomic mass is 16.4. The molecule has 3 aliphatic rings. The Morgan fingerprint density at radius 3 is 2.63 bits per heavy atom. The van der Waals surface area contributed by atoms with E-state index in [1.54, 1.807) is 0 Å². The minimum atomic E-state index is -0.964. The summed E-state index contributed by atoms with van der Waals surface area (Å²) in [6, 6.07) is 8.75. The molecular weight excluding hydrogens is 376 g/mol. The maximum Gasteiger partial charge on any atom is 0.203 e. The van der Waals surface area contributed by atoms with Gasteiger partial charge in [0.15, 0.2) is 0 Å². The molecule has 1 N–H and O–H groups in total. The molecule has 0 bridgehead atoms. The number of carbonyl (C=O) groups is 1. The van der Waals surface area contributed by atoms with Crippen molar-refractivity contribution in [3.63, 3.8) is 0 Å². The summed E-state index contributed by atoms with van der Waals surface area (Å²) in [5.74, 6) is 0.873. The lowest BCUT2D eigenvalue weighted by Crippen LogP contribution is -2.30. The number of rotatable bonds is 9. The predicted molar refractivity (Wildman–Crippen MR) is 119 cm³/mol. The normalized spacial score (nSPS) is 14.9. The van der Waals surface area contributed by atoms with Crippen molar-refractivity contribution in [1.29, 1.82) is 0 Å². The van der Waals surface area contributed by atoms with Gasteiger partial charge < -0.3 is 19.6 Å². The zero-order chi connectivity index (χ0) is 21.7. The molecule has 2 aliphatic carbocycles. The number of nitrogens with zero attached hydrogens (tertiary/aromatic N) is 1. The molecule has 30 heavy (non-hydrogen) atoms. The van der Waals surface area contributed by atoms with Crippen LogP contribution < -0.4 is 20.4 Å². The summed E-state index contributed by atoms with van der Waals surface area (Å²) in [6.45, 7) is 11.6. The molecule has 0 saturated heterocycles. The summed E-state index contributed by atoms with van der Waals surface area (Å²) in [6.07, 6.45) is 5.71. The summed E-state index contributed by atoms with van der Waals surface area (Å²) in [5, 5.41) is 15.2. The lowest BCUT2D eigenvalue weighted by Gasteiger charge is -2.32. The van der Waals surface area contributed by atoms with Crippen LogP contribution in [0.1, 0.15) is 71.1 Å². The lowest BCUT2D eigenvalue weighted by atomic mass is 9.76. The Morgan fingerprint density at radius 2 is 1.93 bits per heavy atom. The van der Waals surface area contributed by atoms with Crippen LogP contribution in [0.3, 0.4) is 0 Å². The van der Waals surface area contributed by atoms with Crippen LogP contribution in [0.4, 0.5) is 0 Å². The third-order valence-electron chi connectivity index (χ3n) is 5.99. The SMILES string of the molecule is CC[N+](CC)=c1ccc2cc3c(oc-2c1)C=C(NCCCCCC(=O)[O-])CC3(C)C. The van der Waals surface area contributed by atoms with Crippen molar-refractivity contribution >= 4 is 12.0 Å². The third kappa shape index (κ3) is 5.13. The van der Waals surface area contributed by atoms with Gasteiger partial charge in [-0.2, -0.15) is 0 Å². The Morgan fingerprint density at radius 1 is 1.17 bits per heavy atom. The van der Waals surface area contributed by atoms with Gasteiger partial charge >= 0.3 is 0 Å². The quantitative estimate of drug-likeness (QED) is 0.509. The first kappa shape index (κ1) is 22.1. The fourth-order valence-corrected chi connectivity index (χ4v) is 4.27. The number of unbranched alkanes of at least 4 members (excludes halogenated alkanes) is 2. The van der Waals surface area contributed by atoms with Crippen molar-refractivity contribution in [2.24, 2.45) is 0 Å². The Hall–Kier alpha value is -2.56. The fourth-order valence-electron chi connectivity index (χ4n) is 4.27. The van der Waals surface area contributed by atoms with Crippen molar-refractivity contribution in [1.82, 2.24) is 9.89 Å². The number of hydrogen-bond donors (Lipinski definition) is 1. The molecule has 0 spiro atoms. The largest absolute Gasteiger partial charge is 0.550 e. The van der Waals surface area contributed by atoms with Crippen LogP contribution in [0.15, 0.2) is 34.4 Å². The van der Waals surface area contributed by atoms with Gasteiger partial charge in [-0.3, -0.25) is 0 Å². The van der Waals surface area contributed by atoms with Gasteiger partial charge in [-0.15, -0.1) is 0 Å². The van der Waals surface area contributed by atoms with Gasteiger partial charge in [-0.25, -0.2) is 4.58 Å². The number of aliphatic carboxylic acids is 1. The molecule has 0 unspecified atom stereocenters. The average molecular weight is 411 g/mol. The third-order valence-corrected chi connectivity index (χ3v) is 5.99. The first-order chi connectivity index (χ1) is 14.3. The smallest absolute Gasteiger partial charge is 0.203 e. The maximum atomic E-state index is 10.5. The van der Waals surface area contributed by atoms with Gasteiger partial charge in [0, 0.05) is 41.5 Å². The van der Waals surface area contributed by atoms with Crippen LogP contribution in [-0.4, -0.2) is 25.6 Å². The van der Waals surface area contributed by atoms with E-state index >= 15 is 0 Å². The van der Waals surface area contributed by atoms with Crippen LogP contribution >= 0.6 is 0 Å². The number of nitrogens with one attached hydrogen (secondary N) is 1. The number of allylic oxidation sites excluding steroid dienone is 1. The summed E-state index contributed by atoms with van der Waals surface area (Å²) >= 11 is 0. The fraction of sp³-hybridized carbons (Fsp3) is 0.520. The van der Waals surface area contributed by atoms with E-state index in [0.717, 1.165) is 56.0 Å². The maximum absolute atomic E-state index is 10.5. The highest BCUT2D eigenvalue weighted by molar-refractivity contribution is 5.66. The zero-order valence-electron chi connectivity index (χ0n) is 18.7. The highest BCUT2D eigenvalue weighted by Crippen LogP contribution is 2.40. The number of hydrogen-bond acceptors (Lipinski definition) is 4. The number of carboxylic acids is 1. The number of carbonyl (C=O) groups excluding carboxylic acids is 1. The molecule has 5 heteroatoms. The molecule has 0 amide bonds. The standard InChI is InChI=1S/C25H34N2O3/c1-5-27(6-2)20-12-11-18-14-21-23(30-22(18)16-20)15-19(17-25(21,3)4)26-13-9-7-8-10-24(28)29/h11-12,14-16H,5-10,13,17H2,1-4H3,(H,28,29). The number of benzene rings is 1. The van der Waals surface area contributed by atoms with E-state index in [4.69, 9.17) is 4.42 Å². The van der Waals surface area contributed by atoms with Crippen molar-refractivity contribution in [3.8, 4) is 11.3 Å². The molecule has 162 valence electrons. The molecule has 1 heterocycles. The van der Waals surface area contributed by atoms with Gasteiger partial charge in [0.1, 0.15) is 24.6 Å². The second kappa shape index (κ2) is 9.50. The molecule has 1 aliphatic heterocycles. The van der Waals surface area contributed by atoms with Crippen molar-refractivity contribution in [3.05, 3.63) is 46.6 Å². The monoisotopic (exact) mass is 410 g/mol. The second-order valence-corrected chi connectivity index (χ2v) is 8.76. The van der Waals surface area contributed by atoms with E-state index < -0.39 is 5.97 Å². The van der Waals surface area contributed by atoms with Crippen LogP contribution in [0.25, 0.3) is 17.4 Å². The van der Waals surface area contributed by atoms with E-state index in [1.807, 2.05) is 0 Å². The Bertz CT molecular complexity index is 963. The zero-order valence-corrected chi connectivity index (χ0v) is 18.7. The van der Waals surface area contributed by atoms with Gasteiger partial charge in [0.2, 0.25) is 5.36 Å². The van der Waals surface area contributed by atoms with E-state index in [-0.39, 0.29) is 11.8 Å². The Balaban J connectivity index is 1.83. The molecule has 0 radical (unpaired) electrons. The van der Waals surface area contributed by atoms with Gasteiger partial charge in [0.05, 0.1) is 6.07 Å². The molecule has 0 atom stereocenters. The van der Waals surface area contributed by atoms with E-state index in [2.05, 4.69) is 67.9 Å². The molecule has 5 nitrogen and oxygen atoms in total. The Labute approximate surface area is 179 Å². The molecule has 0 aromatic carbocycles. The minimum Gasteiger partial charge on any atom is -0.550 e. The van der Waals surface area contributed by atoms with Crippen LogP contribution in [0, 0.1) is 0 Å². The summed E-state index contributed by atoms with van der Waals surface area (Å²) < 4.78 is 8.71. The predicted octanol–water partition coefficient (Wildman–Crippen LogP) is 3.12.